The van der Waals surface area contributed by atoms with Crippen molar-refractivity contribution in [2.45, 2.75) is 26.2 Å². The molecule has 0 bridgehead atoms. The van der Waals surface area contributed by atoms with Crippen LogP contribution in [-0.2, 0) is 11.2 Å². The van der Waals surface area contributed by atoms with Crippen molar-refractivity contribution < 1.29 is 14.0 Å². The molecule has 0 saturated heterocycles. The van der Waals surface area contributed by atoms with Gasteiger partial charge in [0.2, 0.25) is 5.91 Å². The Hall–Kier alpha value is -2.28. The number of thiazole rings is 1. The van der Waals surface area contributed by atoms with Crippen LogP contribution in [0.2, 0.25) is 0 Å². The molecule has 7 heteroatoms. The van der Waals surface area contributed by atoms with Gasteiger partial charge in [-0.05, 0) is 37.6 Å². The number of nitrogens with zero attached hydrogens (tertiary/aromatic N) is 1. The zero-order chi connectivity index (χ0) is 17.4. The molecule has 1 heterocycles. The molecule has 0 unspecified atom stereocenters. The molecule has 0 atom stereocenters. The van der Waals surface area contributed by atoms with Crippen molar-refractivity contribution in [2.24, 2.45) is 0 Å². The van der Waals surface area contributed by atoms with Crippen LogP contribution in [0.3, 0.4) is 0 Å². The number of amides is 2. The lowest BCUT2D eigenvalue weighted by Crippen LogP contribution is -2.28. The molecule has 0 aliphatic rings. The number of carbonyl (C=O) groups is 2. The Bertz CT molecular complexity index is 685. The number of hydrogen-bond donors (Lipinski definition) is 2. The Balaban J connectivity index is 1.57. The van der Waals surface area contributed by atoms with Crippen molar-refractivity contribution in [3.63, 3.8) is 0 Å². The molecule has 1 aromatic heterocycles. The standard InChI is InChI=1S/C17H20FN3O2S/c1-12-21-15(11-24-12)8-10-19-16(22)3-2-9-20-17(23)13-4-6-14(18)7-5-13/h4-7,11H,2-3,8-10H2,1H3,(H,19,22)(H,20,23). The third-order valence-electron chi connectivity index (χ3n) is 3.34. The van der Waals surface area contributed by atoms with Gasteiger partial charge in [-0.15, -0.1) is 11.3 Å². The van der Waals surface area contributed by atoms with E-state index in [0.717, 1.165) is 17.1 Å². The van der Waals surface area contributed by atoms with Crippen LogP contribution in [0.25, 0.3) is 0 Å². The van der Waals surface area contributed by atoms with E-state index in [1.54, 1.807) is 11.3 Å². The minimum Gasteiger partial charge on any atom is -0.356 e. The fraction of sp³-hybridized carbons (Fsp3) is 0.353. The Morgan fingerprint density at radius 2 is 1.92 bits per heavy atom. The first-order valence-corrected chi connectivity index (χ1v) is 8.64. The molecule has 2 N–H and O–H groups in total. The first kappa shape index (κ1) is 18.1. The third kappa shape index (κ3) is 6.08. The molecule has 1 aromatic carbocycles. The highest BCUT2D eigenvalue weighted by Gasteiger charge is 2.06. The molecule has 0 radical (unpaired) electrons. The van der Waals surface area contributed by atoms with Gasteiger partial charge in [0.15, 0.2) is 0 Å². The predicted molar refractivity (Wildman–Crippen MR) is 91.5 cm³/mol. The Morgan fingerprint density at radius 1 is 1.17 bits per heavy atom. The summed E-state index contributed by atoms with van der Waals surface area (Å²) in [5, 5.41) is 8.56. The van der Waals surface area contributed by atoms with Crippen molar-refractivity contribution in [1.29, 1.82) is 0 Å². The van der Waals surface area contributed by atoms with Crippen LogP contribution in [0, 0.1) is 12.7 Å². The fourth-order valence-corrected chi connectivity index (χ4v) is 2.74. The van der Waals surface area contributed by atoms with E-state index < -0.39 is 0 Å². The number of nitrogens with one attached hydrogen (secondary N) is 2. The normalized spacial score (nSPS) is 10.4. The molecule has 0 saturated carbocycles. The van der Waals surface area contributed by atoms with Gasteiger partial charge in [0.05, 0.1) is 10.7 Å². The smallest absolute Gasteiger partial charge is 0.251 e. The summed E-state index contributed by atoms with van der Waals surface area (Å²) in [6, 6.07) is 5.34. The van der Waals surface area contributed by atoms with Gasteiger partial charge in [0, 0.05) is 36.9 Å². The molecule has 5 nitrogen and oxygen atoms in total. The maximum atomic E-state index is 12.8. The van der Waals surface area contributed by atoms with E-state index in [2.05, 4.69) is 15.6 Å². The molecular weight excluding hydrogens is 329 g/mol. The first-order chi connectivity index (χ1) is 11.5. The van der Waals surface area contributed by atoms with Gasteiger partial charge in [0.1, 0.15) is 5.82 Å². The van der Waals surface area contributed by atoms with E-state index in [-0.39, 0.29) is 17.6 Å². The molecule has 2 aromatic rings. The lowest BCUT2D eigenvalue weighted by molar-refractivity contribution is -0.121. The third-order valence-corrected chi connectivity index (χ3v) is 4.16. The monoisotopic (exact) mass is 349 g/mol. The number of carbonyl (C=O) groups excluding carboxylic acids is 2. The molecule has 0 aliphatic heterocycles. The number of benzene rings is 1. The molecule has 0 spiro atoms. The number of halogens is 1. The second-order valence-electron chi connectivity index (χ2n) is 5.32. The number of aryl methyl sites for hydroxylation is 1. The molecule has 0 aliphatic carbocycles. The summed E-state index contributed by atoms with van der Waals surface area (Å²) in [5.41, 5.74) is 1.39. The van der Waals surface area contributed by atoms with Gasteiger partial charge in [-0.1, -0.05) is 0 Å². The largest absolute Gasteiger partial charge is 0.356 e. The van der Waals surface area contributed by atoms with E-state index in [4.69, 9.17) is 0 Å². The maximum Gasteiger partial charge on any atom is 0.251 e. The second kappa shape index (κ2) is 9.12. The van der Waals surface area contributed by atoms with Crippen LogP contribution < -0.4 is 10.6 Å². The van der Waals surface area contributed by atoms with E-state index in [0.29, 0.717) is 31.5 Å². The van der Waals surface area contributed by atoms with Crippen molar-refractivity contribution >= 4 is 23.2 Å². The topological polar surface area (TPSA) is 71.1 Å². The SMILES string of the molecule is Cc1nc(CCNC(=O)CCCNC(=O)c2ccc(F)cc2)cs1. The van der Waals surface area contributed by atoms with Crippen LogP contribution >= 0.6 is 11.3 Å². The summed E-state index contributed by atoms with van der Waals surface area (Å²) in [7, 11) is 0. The minimum atomic E-state index is -0.379. The second-order valence-corrected chi connectivity index (χ2v) is 6.39. The Labute approximate surface area is 144 Å². The van der Waals surface area contributed by atoms with Gasteiger partial charge in [-0.2, -0.15) is 0 Å². The first-order valence-electron chi connectivity index (χ1n) is 7.76. The Kier molecular flexibility index (Phi) is 6.87. The van der Waals surface area contributed by atoms with Crippen LogP contribution in [0.5, 0.6) is 0 Å². The van der Waals surface area contributed by atoms with Crippen LogP contribution in [0.4, 0.5) is 4.39 Å². The summed E-state index contributed by atoms with van der Waals surface area (Å²) in [5.74, 6) is -0.691. The van der Waals surface area contributed by atoms with Crippen molar-refractivity contribution in [1.82, 2.24) is 15.6 Å². The molecule has 2 rings (SSSR count). The van der Waals surface area contributed by atoms with Crippen molar-refractivity contribution in [2.75, 3.05) is 13.1 Å². The van der Waals surface area contributed by atoms with E-state index in [1.165, 1.54) is 24.3 Å². The van der Waals surface area contributed by atoms with E-state index in [9.17, 15) is 14.0 Å². The zero-order valence-electron chi connectivity index (χ0n) is 13.5. The number of aromatic nitrogens is 1. The summed E-state index contributed by atoms with van der Waals surface area (Å²) in [4.78, 5) is 27.8. The average Bonchev–Trinajstić information content (AvgIpc) is 2.97. The van der Waals surface area contributed by atoms with Gasteiger partial charge in [-0.3, -0.25) is 9.59 Å². The highest BCUT2D eigenvalue weighted by molar-refractivity contribution is 7.09. The fourth-order valence-electron chi connectivity index (χ4n) is 2.10. The summed E-state index contributed by atoms with van der Waals surface area (Å²) < 4.78 is 12.8. The van der Waals surface area contributed by atoms with E-state index >= 15 is 0 Å². The van der Waals surface area contributed by atoms with Crippen LogP contribution in [0.1, 0.15) is 33.9 Å². The van der Waals surface area contributed by atoms with E-state index in [1.807, 2.05) is 12.3 Å². The van der Waals surface area contributed by atoms with Gasteiger partial charge >= 0.3 is 0 Å². The summed E-state index contributed by atoms with van der Waals surface area (Å²) in [6.45, 7) is 2.91. The van der Waals surface area contributed by atoms with Crippen molar-refractivity contribution in [3.05, 3.63) is 51.7 Å². The summed E-state index contributed by atoms with van der Waals surface area (Å²) in [6.07, 6.45) is 1.62. The summed E-state index contributed by atoms with van der Waals surface area (Å²) >= 11 is 1.60. The van der Waals surface area contributed by atoms with Crippen LogP contribution in [0.15, 0.2) is 29.6 Å². The van der Waals surface area contributed by atoms with Crippen molar-refractivity contribution in [3.8, 4) is 0 Å². The zero-order valence-corrected chi connectivity index (χ0v) is 14.3. The van der Waals surface area contributed by atoms with Gasteiger partial charge < -0.3 is 10.6 Å². The average molecular weight is 349 g/mol. The van der Waals surface area contributed by atoms with Gasteiger partial charge in [0.25, 0.3) is 5.91 Å². The molecule has 0 fully saturated rings. The quantitative estimate of drug-likeness (QED) is 0.719. The number of rotatable bonds is 8. The molecular formula is C17H20FN3O2S. The highest BCUT2D eigenvalue weighted by atomic mass is 32.1. The minimum absolute atomic E-state index is 0.0435. The highest BCUT2D eigenvalue weighted by Crippen LogP contribution is 2.07. The molecule has 2 amide bonds. The van der Waals surface area contributed by atoms with Gasteiger partial charge in [-0.25, -0.2) is 9.37 Å². The molecule has 128 valence electrons. The number of hydrogen-bond acceptors (Lipinski definition) is 4. The lowest BCUT2D eigenvalue weighted by atomic mass is 10.2. The maximum absolute atomic E-state index is 12.8. The van der Waals surface area contributed by atoms with Crippen LogP contribution in [-0.4, -0.2) is 29.9 Å². The Morgan fingerprint density at radius 3 is 2.58 bits per heavy atom. The molecule has 24 heavy (non-hydrogen) atoms. The lowest BCUT2D eigenvalue weighted by Gasteiger charge is -2.06. The predicted octanol–water partition coefficient (Wildman–Crippen LogP) is 2.46.